The van der Waals surface area contributed by atoms with Crippen LogP contribution in [0.2, 0.25) is 0 Å². The van der Waals surface area contributed by atoms with Crippen molar-refractivity contribution < 1.29 is 17.9 Å². The minimum absolute atomic E-state index is 0.0175. The van der Waals surface area contributed by atoms with E-state index in [-0.39, 0.29) is 28.5 Å². The first-order valence-corrected chi connectivity index (χ1v) is 12.2. The highest BCUT2D eigenvalue weighted by molar-refractivity contribution is 7.92. The molecule has 1 aromatic carbocycles. The van der Waals surface area contributed by atoms with Gasteiger partial charge in [-0.15, -0.1) is 0 Å². The molecule has 174 valence electrons. The van der Waals surface area contributed by atoms with E-state index in [4.69, 9.17) is 4.74 Å². The summed E-state index contributed by atoms with van der Waals surface area (Å²) in [5.41, 5.74) is 1.24. The number of rotatable bonds is 7. The Hall–Kier alpha value is -3.47. The number of aryl methyl sites for hydroxylation is 1. The number of amides is 1. The number of hydrogen-bond acceptors (Lipinski definition) is 7. The summed E-state index contributed by atoms with van der Waals surface area (Å²) in [5, 5.41) is 6.48. The molecule has 10 nitrogen and oxygen atoms in total. The standard InChI is InChI=1S/C22H26N6O4S/c1-23-21(29)16-8-10-17(11-9-16)32-20-12-19(15-6-4-3-5-7-15)25-22(26-20)27-33(30,31)18-13-24-28(2)14-18/h8-15H,3-7H2,1-2H3,(H,23,29)(H,25,26,27). The number of carbonyl (C=O) groups is 1. The van der Waals surface area contributed by atoms with Crippen molar-refractivity contribution in [2.45, 2.75) is 42.9 Å². The Bertz CT molecular complexity index is 1230. The maximum absolute atomic E-state index is 12.8. The van der Waals surface area contributed by atoms with Gasteiger partial charge in [0.05, 0.1) is 11.9 Å². The zero-order chi connectivity index (χ0) is 23.4. The molecule has 33 heavy (non-hydrogen) atoms. The van der Waals surface area contributed by atoms with Crippen LogP contribution < -0.4 is 14.8 Å². The molecule has 0 aliphatic heterocycles. The number of anilines is 1. The third-order valence-corrected chi connectivity index (χ3v) is 6.81. The van der Waals surface area contributed by atoms with Crippen LogP contribution in [0.3, 0.4) is 0 Å². The second-order valence-electron chi connectivity index (χ2n) is 7.95. The summed E-state index contributed by atoms with van der Waals surface area (Å²) in [4.78, 5) is 20.6. The predicted molar refractivity (Wildman–Crippen MR) is 122 cm³/mol. The van der Waals surface area contributed by atoms with Crippen molar-refractivity contribution in [1.82, 2.24) is 25.1 Å². The molecule has 1 aliphatic carbocycles. The number of hydrogen-bond donors (Lipinski definition) is 2. The van der Waals surface area contributed by atoms with Gasteiger partial charge < -0.3 is 10.1 Å². The third-order valence-electron chi connectivity index (χ3n) is 5.53. The van der Waals surface area contributed by atoms with E-state index in [2.05, 4.69) is 25.1 Å². The molecule has 3 aromatic rings. The largest absolute Gasteiger partial charge is 0.439 e. The van der Waals surface area contributed by atoms with Gasteiger partial charge in [-0.1, -0.05) is 19.3 Å². The van der Waals surface area contributed by atoms with Crippen molar-refractivity contribution in [3.8, 4) is 11.6 Å². The zero-order valence-corrected chi connectivity index (χ0v) is 19.3. The Kier molecular flexibility index (Phi) is 6.59. The third kappa shape index (κ3) is 5.48. The first kappa shape index (κ1) is 22.7. The minimum Gasteiger partial charge on any atom is -0.439 e. The van der Waals surface area contributed by atoms with Crippen molar-refractivity contribution in [3.05, 3.63) is 54.0 Å². The van der Waals surface area contributed by atoms with Gasteiger partial charge in [0.1, 0.15) is 10.6 Å². The second kappa shape index (κ2) is 9.57. The predicted octanol–water partition coefficient (Wildman–Crippen LogP) is 3.21. The Morgan fingerprint density at radius 1 is 1.12 bits per heavy atom. The SMILES string of the molecule is CNC(=O)c1ccc(Oc2cc(C3CCCCC3)nc(NS(=O)(=O)c3cnn(C)c3)n2)cc1. The minimum atomic E-state index is -3.91. The molecule has 0 atom stereocenters. The Balaban J connectivity index is 1.63. The summed E-state index contributed by atoms with van der Waals surface area (Å²) in [6.07, 6.45) is 8.00. The van der Waals surface area contributed by atoms with Gasteiger partial charge in [-0.25, -0.2) is 18.1 Å². The van der Waals surface area contributed by atoms with E-state index < -0.39 is 10.0 Å². The first-order chi connectivity index (χ1) is 15.8. The highest BCUT2D eigenvalue weighted by Crippen LogP contribution is 2.34. The van der Waals surface area contributed by atoms with Gasteiger partial charge in [-0.2, -0.15) is 10.1 Å². The molecule has 1 saturated carbocycles. The summed E-state index contributed by atoms with van der Waals surface area (Å²) >= 11 is 0. The quantitative estimate of drug-likeness (QED) is 0.542. The van der Waals surface area contributed by atoms with Crippen molar-refractivity contribution >= 4 is 21.9 Å². The molecule has 2 heterocycles. The van der Waals surface area contributed by atoms with Gasteiger partial charge in [-0.05, 0) is 37.1 Å². The number of benzene rings is 1. The number of sulfonamides is 1. The van der Waals surface area contributed by atoms with Crippen LogP contribution in [0.25, 0.3) is 0 Å². The summed E-state index contributed by atoms with van der Waals surface area (Å²) in [6.45, 7) is 0. The molecule has 2 N–H and O–H groups in total. The van der Waals surface area contributed by atoms with Crippen LogP contribution >= 0.6 is 0 Å². The van der Waals surface area contributed by atoms with E-state index in [1.807, 2.05) is 0 Å². The van der Waals surface area contributed by atoms with Gasteiger partial charge >= 0.3 is 0 Å². The zero-order valence-electron chi connectivity index (χ0n) is 18.5. The normalized spacial score (nSPS) is 14.6. The van der Waals surface area contributed by atoms with Crippen LogP contribution in [0.4, 0.5) is 5.95 Å². The van der Waals surface area contributed by atoms with Gasteiger partial charge in [0.2, 0.25) is 11.8 Å². The molecular weight excluding hydrogens is 444 g/mol. The smallest absolute Gasteiger partial charge is 0.267 e. The van der Waals surface area contributed by atoms with Crippen molar-refractivity contribution in [2.75, 3.05) is 11.8 Å². The number of aromatic nitrogens is 4. The molecule has 2 aromatic heterocycles. The summed E-state index contributed by atoms with van der Waals surface area (Å²) in [7, 11) is -0.703. The average Bonchev–Trinajstić information content (AvgIpc) is 3.26. The lowest BCUT2D eigenvalue weighted by atomic mass is 9.87. The van der Waals surface area contributed by atoms with Gasteiger partial charge in [0.25, 0.3) is 15.9 Å². The Morgan fingerprint density at radius 3 is 2.48 bits per heavy atom. The molecule has 0 radical (unpaired) electrons. The molecule has 0 saturated heterocycles. The van der Waals surface area contributed by atoms with E-state index in [9.17, 15) is 13.2 Å². The van der Waals surface area contributed by atoms with E-state index in [1.54, 1.807) is 44.4 Å². The van der Waals surface area contributed by atoms with Gasteiger partial charge in [0, 0.05) is 37.8 Å². The molecule has 1 amide bonds. The lowest BCUT2D eigenvalue weighted by molar-refractivity contribution is 0.0963. The fourth-order valence-electron chi connectivity index (χ4n) is 3.80. The molecule has 4 rings (SSSR count). The molecule has 11 heteroatoms. The molecule has 0 bridgehead atoms. The van der Waals surface area contributed by atoms with Gasteiger partial charge in [0.15, 0.2) is 0 Å². The highest BCUT2D eigenvalue weighted by Gasteiger charge is 2.22. The molecule has 1 fully saturated rings. The first-order valence-electron chi connectivity index (χ1n) is 10.7. The Morgan fingerprint density at radius 2 is 1.85 bits per heavy atom. The van der Waals surface area contributed by atoms with E-state index in [1.165, 1.54) is 23.5 Å². The number of ether oxygens (including phenoxy) is 1. The van der Waals surface area contributed by atoms with Crippen LogP contribution in [-0.4, -0.2) is 41.1 Å². The van der Waals surface area contributed by atoms with E-state index in [0.29, 0.717) is 11.3 Å². The van der Waals surface area contributed by atoms with Crippen LogP contribution in [0, 0.1) is 0 Å². The van der Waals surface area contributed by atoms with Crippen LogP contribution in [0.5, 0.6) is 11.6 Å². The topological polar surface area (TPSA) is 128 Å². The van der Waals surface area contributed by atoms with Crippen molar-refractivity contribution in [2.24, 2.45) is 7.05 Å². The van der Waals surface area contributed by atoms with Crippen molar-refractivity contribution in [3.63, 3.8) is 0 Å². The van der Waals surface area contributed by atoms with Crippen LogP contribution in [0.1, 0.15) is 54.1 Å². The summed E-state index contributed by atoms with van der Waals surface area (Å²) in [5.74, 6) is 0.648. The number of carbonyl (C=O) groups excluding carboxylic acids is 1. The lowest BCUT2D eigenvalue weighted by Gasteiger charge is -2.22. The second-order valence-corrected chi connectivity index (χ2v) is 9.63. The average molecular weight is 471 g/mol. The van der Waals surface area contributed by atoms with Crippen LogP contribution in [-0.2, 0) is 17.1 Å². The monoisotopic (exact) mass is 470 g/mol. The summed E-state index contributed by atoms with van der Waals surface area (Å²) < 4.78 is 35.3. The maximum atomic E-state index is 12.8. The molecule has 1 aliphatic rings. The fourth-order valence-corrected chi connectivity index (χ4v) is 4.73. The molecule has 0 spiro atoms. The lowest BCUT2D eigenvalue weighted by Crippen LogP contribution is -2.17. The molecule has 0 unspecified atom stereocenters. The summed E-state index contributed by atoms with van der Waals surface area (Å²) in [6, 6.07) is 8.36. The van der Waals surface area contributed by atoms with Crippen molar-refractivity contribution in [1.29, 1.82) is 0 Å². The van der Waals surface area contributed by atoms with Gasteiger partial charge in [-0.3, -0.25) is 9.48 Å². The number of nitrogens with one attached hydrogen (secondary N) is 2. The number of nitrogens with zero attached hydrogens (tertiary/aromatic N) is 4. The van der Waals surface area contributed by atoms with Crippen LogP contribution in [0.15, 0.2) is 47.6 Å². The highest BCUT2D eigenvalue weighted by atomic mass is 32.2. The van der Waals surface area contributed by atoms with E-state index >= 15 is 0 Å². The Labute approximate surface area is 192 Å². The van der Waals surface area contributed by atoms with E-state index in [0.717, 1.165) is 31.4 Å². The maximum Gasteiger partial charge on any atom is 0.267 e. The molecular formula is C22H26N6O4S. The fraction of sp³-hybridized carbons (Fsp3) is 0.364.